The normalized spacial score (nSPS) is 33.6. The Labute approximate surface area is 90.5 Å². The average Bonchev–Trinajstić information content (AvgIpc) is 2.63. The largest absolute Gasteiger partial charge is 0.0625 e. The van der Waals surface area contributed by atoms with Crippen molar-refractivity contribution in [1.82, 2.24) is 0 Å². The Bertz CT molecular complexity index is 115. The van der Waals surface area contributed by atoms with Gasteiger partial charge in [-0.1, -0.05) is 72.1 Å². The predicted octanol–water partition coefficient (Wildman–Crippen LogP) is 5.03. The SMILES string of the molecule is CC1CCC(C)CC1.CC1CCCC1. The molecule has 0 saturated heterocycles. The van der Waals surface area contributed by atoms with Crippen molar-refractivity contribution in [1.29, 1.82) is 0 Å². The van der Waals surface area contributed by atoms with Crippen LogP contribution in [0.1, 0.15) is 72.1 Å². The lowest BCUT2D eigenvalue weighted by Gasteiger charge is -2.22. The highest BCUT2D eigenvalue weighted by molar-refractivity contribution is 4.65. The smallest absolute Gasteiger partial charge is 0.0443 e. The fourth-order valence-electron chi connectivity index (χ4n) is 2.56. The summed E-state index contributed by atoms with van der Waals surface area (Å²) in [7, 11) is 0. The van der Waals surface area contributed by atoms with Crippen molar-refractivity contribution < 1.29 is 0 Å². The highest BCUT2D eigenvalue weighted by Crippen LogP contribution is 2.27. The molecule has 0 aromatic rings. The number of hydrogen-bond donors (Lipinski definition) is 0. The van der Waals surface area contributed by atoms with E-state index in [-0.39, 0.29) is 0 Å². The molecule has 2 saturated carbocycles. The second kappa shape index (κ2) is 6.48. The van der Waals surface area contributed by atoms with E-state index in [4.69, 9.17) is 0 Å². The summed E-state index contributed by atoms with van der Waals surface area (Å²) in [6.07, 6.45) is 11.8. The molecule has 2 fully saturated rings. The van der Waals surface area contributed by atoms with Crippen molar-refractivity contribution in [2.45, 2.75) is 72.1 Å². The minimum absolute atomic E-state index is 1.02. The van der Waals surface area contributed by atoms with E-state index in [1.54, 1.807) is 0 Å². The summed E-state index contributed by atoms with van der Waals surface area (Å²) < 4.78 is 0. The van der Waals surface area contributed by atoms with Gasteiger partial charge >= 0.3 is 0 Å². The lowest BCUT2D eigenvalue weighted by atomic mass is 9.84. The molecule has 2 aliphatic carbocycles. The molecular formula is C14H28. The fourth-order valence-corrected chi connectivity index (χ4v) is 2.56. The maximum atomic E-state index is 2.37. The van der Waals surface area contributed by atoms with E-state index in [0.717, 1.165) is 17.8 Å². The van der Waals surface area contributed by atoms with Crippen LogP contribution in [0.5, 0.6) is 0 Å². The lowest BCUT2D eigenvalue weighted by Crippen LogP contribution is -2.08. The van der Waals surface area contributed by atoms with Gasteiger partial charge in [-0.15, -0.1) is 0 Å². The summed E-state index contributed by atoms with van der Waals surface area (Å²) in [5.74, 6) is 3.09. The molecule has 0 nitrogen and oxygen atoms in total. The van der Waals surface area contributed by atoms with Gasteiger partial charge in [-0.3, -0.25) is 0 Å². The lowest BCUT2D eigenvalue weighted by molar-refractivity contribution is 0.308. The molecule has 84 valence electrons. The van der Waals surface area contributed by atoms with Crippen molar-refractivity contribution in [3.63, 3.8) is 0 Å². The molecule has 0 radical (unpaired) electrons. The van der Waals surface area contributed by atoms with Gasteiger partial charge in [-0.05, 0) is 17.8 Å². The Morgan fingerprint density at radius 3 is 1.00 bits per heavy atom. The molecule has 2 rings (SSSR count). The average molecular weight is 196 g/mol. The summed E-state index contributed by atoms with van der Waals surface area (Å²) in [5, 5.41) is 0. The first-order chi connectivity index (χ1) is 6.68. The van der Waals surface area contributed by atoms with Crippen LogP contribution in [0, 0.1) is 17.8 Å². The molecule has 0 heteroatoms. The van der Waals surface area contributed by atoms with E-state index < -0.39 is 0 Å². The minimum atomic E-state index is 1.02. The molecule has 14 heavy (non-hydrogen) atoms. The van der Waals surface area contributed by atoms with Crippen LogP contribution in [0.3, 0.4) is 0 Å². The van der Waals surface area contributed by atoms with Gasteiger partial charge in [0, 0.05) is 0 Å². The van der Waals surface area contributed by atoms with E-state index in [9.17, 15) is 0 Å². The molecular weight excluding hydrogens is 168 g/mol. The molecule has 0 aromatic carbocycles. The molecule has 0 bridgehead atoms. The van der Waals surface area contributed by atoms with Crippen LogP contribution in [0.25, 0.3) is 0 Å². The molecule has 0 unspecified atom stereocenters. The first-order valence-electron chi connectivity index (χ1n) is 6.68. The van der Waals surface area contributed by atoms with Crippen LogP contribution >= 0.6 is 0 Å². The van der Waals surface area contributed by atoms with Gasteiger partial charge in [0.15, 0.2) is 0 Å². The zero-order chi connectivity index (χ0) is 10.4. The van der Waals surface area contributed by atoms with Gasteiger partial charge in [0.05, 0.1) is 0 Å². The number of rotatable bonds is 0. The highest BCUT2D eigenvalue weighted by Gasteiger charge is 2.13. The molecule has 0 N–H and O–H groups in total. The van der Waals surface area contributed by atoms with E-state index >= 15 is 0 Å². The molecule has 0 atom stereocenters. The van der Waals surface area contributed by atoms with Crippen LogP contribution in [-0.2, 0) is 0 Å². The Morgan fingerprint density at radius 1 is 0.500 bits per heavy atom. The predicted molar refractivity (Wildman–Crippen MR) is 64.4 cm³/mol. The van der Waals surface area contributed by atoms with E-state index in [1.807, 2.05) is 0 Å². The van der Waals surface area contributed by atoms with Gasteiger partial charge in [0.2, 0.25) is 0 Å². The standard InChI is InChI=1S/C8H16.C6H12/c1-7-3-5-8(2)6-4-7;1-6-4-2-3-5-6/h7-8H,3-6H2,1-2H3;6H,2-5H2,1H3. The third kappa shape index (κ3) is 5.02. The quantitative estimate of drug-likeness (QED) is 0.510. The molecule has 0 spiro atoms. The molecule has 0 amide bonds. The maximum Gasteiger partial charge on any atom is -0.0443 e. The van der Waals surface area contributed by atoms with Crippen molar-refractivity contribution in [3.05, 3.63) is 0 Å². The topological polar surface area (TPSA) is 0 Å². The van der Waals surface area contributed by atoms with Crippen LogP contribution in [0.2, 0.25) is 0 Å². The van der Waals surface area contributed by atoms with Crippen LogP contribution < -0.4 is 0 Å². The summed E-state index contributed by atoms with van der Waals surface area (Å²) in [6, 6.07) is 0. The molecule has 0 aromatic heterocycles. The third-order valence-electron chi connectivity index (χ3n) is 3.95. The summed E-state index contributed by atoms with van der Waals surface area (Å²) in [5.41, 5.74) is 0. The van der Waals surface area contributed by atoms with Gasteiger partial charge in [-0.25, -0.2) is 0 Å². The van der Waals surface area contributed by atoms with Gasteiger partial charge in [-0.2, -0.15) is 0 Å². The Balaban J connectivity index is 0.000000146. The highest BCUT2D eigenvalue weighted by atomic mass is 14.2. The van der Waals surface area contributed by atoms with Gasteiger partial charge in [0.1, 0.15) is 0 Å². The first kappa shape index (κ1) is 12.1. The Morgan fingerprint density at radius 2 is 0.786 bits per heavy atom. The second-order valence-corrected chi connectivity index (χ2v) is 5.75. The van der Waals surface area contributed by atoms with Gasteiger partial charge < -0.3 is 0 Å². The summed E-state index contributed by atoms with van der Waals surface area (Å²) in [4.78, 5) is 0. The molecule has 0 heterocycles. The second-order valence-electron chi connectivity index (χ2n) is 5.75. The number of hydrogen-bond acceptors (Lipinski definition) is 0. The van der Waals surface area contributed by atoms with Crippen LogP contribution in [0.15, 0.2) is 0 Å². The van der Waals surface area contributed by atoms with Crippen LogP contribution in [0.4, 0.5) is 0 Å². The van der Waals surface area contributed by atoms with E-state index in [0.29, 0.717) is 0 Å². The van der Waals surface area contributed by atoms with E-state index in [1.165, 1.54) is 51.4 Å². The van der Waals surface area contributed by atoms with E-state index in [2.05, 4.69) is 20.8 Å². The molecule has 2 aliphatic rings. The monoisotopic (exact) mass is 196 g/mol. The van der Waals surface area contributed by atoms with Gasteiger partial charge in [0.25, 0.3) is 0 Å². The zero-order valence-electron chi connectivity index (χ0n) is 10.4. The van der Waals surface area contributed by atoms with Crippen molar-refractivity contribution >= 4 is 0 Å². The maximum absolute atomic E-state index is 2.37. The first-order valence-corrected chi connectivity index (χ1v) is 6.68. The van der Waals surface area contributed by atoms with Crippen molar-refractivity contribution in [3.8, 4) is 0 Å². The molecule has 0 aliphatic heterocycles. The fraction of sp³-hybridized carbons (Fsp3) is 1.00. The van der Waals surface area contributed by atoms with Crippen LogP contribution in [-0.4, -0.2) is 0 Å². The Kier molecular flexibility index (Phi) is 5.59. The zero-order valence-corrected chi connectivity index (χ0v) is 10.4. The van der Waals surface area contributed by atoms with Crippen molar-refractivity contribution in [2.24, 2.45) is 17.8 Å². The summed E-state index contributed by atoms with van der Waals surface area (Å²) >= 11 is 0. The van der Waals surface area contributed by atoms with Crippen molar-refractivity contribution in [2.75, 3.05) is 0 Å². The minimum Gasteiger partial charge on any atom is -0.0625 e. The Hall–Kier alpha value is 0. The summed E-state index contributed by atoms with van der Waals surface area (Å²) in [6.45, 7) is 7.07. The third-order valence-corrected chi connectivity index (χ3v) is 3.95.